The molecule has 0 aliphatic heterocycles. The molecule has 14 heavy (non-hydrogen) atoms. The van der Waals surface area contributed by atoms with Crippen LogP contribution in [0.15, 0.2) is 0 Å². The molecule has 0 aromatic rings. The molecule has 0 aliphatic rings. The first-order chi connectivity index (χ1) is 6.41. The first kappa shape index (κ1) is 13.3. The predicted molar refractivity (Wildman–Crippen MR) is 52.1 cm³/mol. The van der Waals surface area contributed by atoms with Gasteiger partial charge < -0.3 is 10.5 Å². The average molecular weight is 224 g/mol. The molecule has 0 bridgehead atoms. The van der Waals surface area contributed by atoms with Gasteiger partial charge in [-0.2, -0.15) is 0 Å². The number of nitrogens with two attached hydrogens (primary N) is 1. The Hall–Kier alpha value is -0.660. The third-order valence-electron chi connectivity index (χ3n) is 1.54. The Bertz CT molecular complexity index is 275. The second-order valence-electron chi connectivity index (χ2n) is 2.90. The van der Waals surface area contributed by atoms with Crippen molar-refractivity contribution in [1.29, 1.82) is 0 Å². The second kappa shape index (κ2) is 5.94. The number of hydrogen-bond acceptors (Lipinski definition) is 5. The molecule has 0 amide bonds. The highest BCUT2D eigenvalue weighted by Crippen LogP contribution is 1.93. The molecular formula is C7H16N2O4S. The molecule has 84 valence electrons. The number of sulfonamides is 1. The quantitative estimate of drug-likeness (QED) is 0.553. The van der Waals surface area contributed by atoms with E-state index in [1.165, 1.54) is 7.11 Å². The number of hydrogen-bond donors (Lipinski definition) is 2. The summed E-state index contributed by atoms with van der Waals surface area (Å²) < 4.78 is 29.1. The summed E-state index contributed by atoms with van der Waals surface area (Å²) in [7, 11) is -2.22. The van der Waals surface area contributed by atoms with Gasteiger partial charge in [-0.25, -0.2) is 13.1 Å². The zero-order valence-corrected chi connectivity index (χ0v) is 9.13. The summed E-state index contributed by atoms with van der Waals surface area (Å²) in [4.78, 5) is 10.7. The van der Waals surface area contributed by atoms with E-state index in [1.807, 2.05) is 0 Å². The lowest BCUT2D eigenvalue weighted by Crippen LogP contribution is -2.39. The average Bonchev–Trinajstić information content (AvgIpc) is 2.13. The summed E-state index contributed by atoms with van der Waals surface area (Å²) in [6.07, 6.45) is -0.150. The van der Waals surface area contributed by atoms with E-state index < -0.39 is 16.0 Å². The SMILES string of the molecule is COC(=O)CCS(=O)(=O)NC(C)CN. The van der Waals surface area contributed by atoms with Gasteiger partial charge in [0, 0.05) is 12.6 Å². The van der Waals surface area contributed by atoms with Crippen molar-refractivity contribution >= 4 is 16.0 Å². The Morgan fingerprint density at radius 1 is 1.57 bits per heavy atom. The third-order valence-corrected chi connectivity index (χ3v) is 3.04. The lowest BCUT2D eigenvalue weighted by molar-refractivity contribution is -0.140. The van der Waals surface area contributed by atoms with Crippen molar-refractivity contribution in [3.8, 4) is 0 Å². The van der Waals surface area contributed by atoms with Crippen LogP contribution in [-0.4, -0.2) is 39.8 Å². The van der Waals surface area contributed by atoms with Gasteiger partial charge in [0.25, 0.3) is 0 Å². The lowest BCUT2D eigenvalue weighted by atomic mass is 10.4. The molecular weight excluding hydrogens is 208 g/mol. The Labute approximate surface area is 83.9 Å². The molecule has 7 heteroatoms. The van der Waals surface area contributed by atoms with Crippen LogP contribution in [0.3, 0.4) is 0 Å². The van der Waals surface area contributed by atoms with Crippen molar-refractivity contribution in [3.63, 3.8) is 0 Å². The first-order valence-electron chi connectivity index (χ1n) is 4.18. The predicted octanol–water partition coefficient (Wildman–Crippen LogP) is -1.18. The van der Waals surface area contributed by atoms with E-state index in [2.05, 4.69) is 9.46 Å². The molecule has 1 atom stereocenters. The summed E-state index contributed by atoms with van der Waals surface area (Å²) in [6, 6.07) is -0.322. The van der Waals surface area contributed by atoms with Gasteiger partial charge in [0.2, 0.25) is 10.0 Å². The lowest BCUT2D eigenvalue weighted by Gasteiger charge is -2.11. The summed E-state index contributed by atoms with van der Waals surface area (Å²) in [6.45, 7) is 1.87. The van der Waals surface area contributed by atoms with Gasteiger partial charge in [0.05, 0.1) is 19.3 Å². The van der Waals surface area contributed by atoms with Crippen molar-refractivity contribution < 1.29 is 17.9 Å². The van der Waals surface area contributed by atoms with E-state index in [1.54, 1.807) is 6.92 Å². The smallest absolute Gasteiger partial charge is 0.306 e. The van der Waals surface area contributed by atoms with Gasteiger partial charge in [0.1, 0.15) is 0 Å². The van der Waals surface area contributed by atoms with Crippen LogP contribution in [0.2, 0.25) is 0 Å². The Morgan fingerprint density at radius 3 is 2.57 bits per heavy atom. The summed E-state index contributed by atoms with van der Waals surface area (Å²) >= 11 is 0. The van der Waals surface area contributed by atoms with Gasteiger partial charge >= 0.3 is 5.97 Å². The minimum atomic E-state index is -3.43. The van der Waals surface area contributed by atoms with Crippen LogP contribution in [0.4, 0.5) is 0 Å². The maximum atomic E-state index is 11.2. The van der Waals surface area contributed by atoms with Crippen LogP contribution < -0.4 is 10.5 Å². The maximum absolute atomic E-state index is 11.2. The molecule has 0 aliphatic carbocycles. The van der Waals surface area contributed by atoms with Crippen molar-refractivity contribution in [2.45, 2.75) is 19.4 Å². The molecule has 0 fully saturated rings. The number of carbonyl (C=O) groups is 1. The summed E-state index contributed by atoms with van der Waals surface area (Å²) in [5.41, 5.74) is 5.24. The van der Waals surface area contributed by atoms with E-state index in [0.717, 1.165) is 0 Å². The fourth-order valence-corrected chi connectivity index (χ4v) is 2.00. The Morgan fingerprint density at radius 2 is 2.14 bits per heavy atom. The second-order valence-corrected chi connectivity index (χ2v) is 4.77. The zero-order valence-electron chi connectivity index (χ0n) is 8.32. The number of nitrogens with one attached hydrogen (secondary N) is 1. The molecule has 1 unspecified atom stereocenters. The molecule has 0 heterocycles. The molecule has 0 radical (unpaired) electrons. The number of rotatable bonds is 6. The third kappa shape index (κ3) is 5.90. The Balaban J connectivity index is 4.02. The largest absolute Gasteiger partial charge is 0.469 e. The van der Waals surface area contributed by atoms with Crippen molar-refractivity contribution in [2.75, 3.05) is 19.4 Å². The van der Waals surface area contributed by atoms with Crippen LogP contribution in [0.1, 0.15) is 13.3 Å². The minimum absolute atomic E-state index is 0.150. The standard InChI is InChI=1S/C7H16N2O4S/c1-6(5-8)9-14(11,12)4-3-7(10)13-2/h6,9H,3-5,8H2,1-2H3. The minimum Gasteiger partial charge on any atom is -0.469 e. The first-order valence-corrected chi connectivity index (χ1v) is 5.83. The van der Waals surface area contributed by atoms with Crippen molar-refractivity contribution in [2.24, 2.45) is 5.73 Å². The van der Waals surface area contributed by atoms with Crippen LogP contribution in [0.5, 0.6) is 0 Å². The highest BCUT2D eigenvalue weighted by molar-refractivity contribution is 7.89. The van der Waals surface area contributed by atoms with E-state index in [0.29, 0.717) is 0 Å². The van der Waals surface area contributed by atoms with Crippen LogP contribution in [0.25, 0.3) is 0 Å². The molecule has 0 saturated carbocycles. The molecule has 0 spiro atoms. The van der Waals surface area contributed by atoms with Crippen molar-refractivity contribution in [1.82, 2.24) is 4.72 Å². The number of methoxy groups -OCH3 is 1. The van der Waals surface area contributed by atoms with Gasteiger partial charge in [-0.1, -0.05) is 0 Å². The number of ether oxygens (including phenoxy) is 1. The molecule has 0 aromatic heterocycles. The van der Waals surface area contributed by atoms with E-state index in [4.69, 9.17) is 5.73 Å². The van der Waals surface area contributed by atoms with Crippen LogP contribution in [0, 0.1) is 0 Å². The maximum Gasteiger partial charge on any atom is 0.306 e. The molecule has 6 nitrogen and oxygen atoms in total. The summed E-state index contributed by atoms with van der Waals surface area (Å²) in [5, 5.41) is 0. The molecule has 0 aromatic carbocycles. The van der Waals surface area contributed by atoms with Gasteiger partial charge in [0.15, 0.2) is 0 Å². The molecule has 3 N–H and O–H groups in total. The normalized spacial score (nSPS) is 13.6. The van der Waals surface area contributed by atoms with Gasteiger partial charge in [-0.15, -0.1) is 0 Å². The van der Waals surface area contributed by atoms with Crippen LogP contribution >= 0.6 is 0 Å². The van der Waals surface area contributed by atoms with Crippen LogP contribution in [-0.2, 0) is 19.6 Å². The highest BCUT2D eigenvalue weighted by atomic mass is 32.2. The fraction of sp³-hybridized carbons (Fsp3) is 0.857. The topological polar surface area (TPSA) is 98.5 Å². The van der Waals surface area contributed by atoms with Crippen molar-refractivity contribution in [3.05, 3.63) is 0 Å². The van der Waals surface area contributed by atoms with E-state index in [-0.39, 0.29) is 24.8 Å². The van der Waals surface area contributed by atoms with E-state index >= 15 is 0 Å². The fourth-order valence-electron chi connectivity index (χ4n) is 0.733. The van der Waals surface area contributed by atoms with Gasteiger partial charge in [-0.3, -0.25) is 4.79 Å². The Kier molecular flexibility index (Phi) is 5.66. The number of esters is 1. The highest BCUT2D eigenvalue weighted by Gasteiger charge is 2.15. The zero-order chi connectivity index (χ0) is 11.2. The van der Waals surface area contributed by atoms with Gasteiger partial charge in [-0.05, 0) is 6.92 Å². The summed E-state index contributed by atoms with van der Waals surface area (Å²) in [5.74, 6) is -0.819. The number of carbonyl (C=O) groups excluding carboxylic acids is 1. The molecule has 0 rings (SSSR count). The van der Waals surface area contributed by atoms with E-state index in [9.17, 15) is 13.2 Å². The molecule has 0 saturated heterocycles. The monoisotopic (exact) mass is 224 g/mol.